The molecule has 1 atom stereocenters. The third-order valence-corrected chi connectivity index (χ3v) is 1.01. The van der Waals surface area contributed by atoms with Crippen molar-refractivity contribution < 1.29 is 9.53 Å². The van der Waals surface area contributed by atoms with Gasteiger partial charge in [-0.05, 0) is 6.08 Å². The topological polar surface area (TPSA) is 50.4 Å². The second-order valence-electron chi connectivity index (χ2n) is 1.63. The Kier molecular flexibility index (Phi) is 1.69. The highest BCUT2D eigenvalue weighted by Crippen LogP contribution is 1.90. The Morgan fingerprint density at radius 2 is 2.56 bits per heavy atom. The van der Waals surface area contributed by atoms with E-state index in [0.29, 0.717) is 0 Å². The van der Waals surface area contributed by atoms with Crippen LogP contribution in [0.2, 0.25) is 0 Å². The number of amides is 2. The van der Waals surface area contributed by atoms with Crippen LogP contribution in [0.5, 0.6) is 0 Å². The quantitative estimate of drug-likeness (QED) is 0.513. The lowest BCUT2D eigenvalue weighted by Gasteiger charge is -2.16. The fourth-order valence-corrected chi connectivity index (χ4v) is 0.568. The van der Waals surface area contributed by atoms with Crippen LogP contribution in [0, 0.1) is 0 Å². The summed E-state index contributed by atoms with van der Waals surface area (Å²) < 4.78 is 4.80. The van der Waals surface area contributed by atoms with E-state index in [-0.39, 0.29) is 12.3 Å². The van der Waals surface area contributed by atoms with Crippen molar-refractivity contribution in [3.8, 4) is 0 Å². The van der Waals surface area contributed by atoms with Crippen LogP contribution < -0.4 is 10.6 Å². The Balaban J connectivity index is 2.49. The van der Waals surface area contributed by atoms with Gasteiger partial charge in [0, 0.05) is 13.3 Å². The van der Waals surface area contributed by atoms with Crippen LogP contribution in [-0.2, 0) is 4.74 Å². The molecule has 50 valence electrons. The van der Waals surface area contributed by atoms with Crippen LogP contribution in [0.15, 0.2) is 12.3 Å². The van der Waals surface area contributed by atoms with Crippen molar-refractivity contribution in [1.82, 2.24) is 10.6 Å². The summed E-state index contributed by atoms with van der Waals surface area (Å²) in [5.74, 6) is 0. The van der Waals surface area contributed by atoms with E-state index in [4.69, 9.17) is 4.74 Å². The molecule has 0 radical (unpaired) electrons. The predicted octanol–water partition coefficient (Wildman–Crippen LogP) is -0.215. The number of urea groups is 1. The number of nitrogens with one attached hydrogen (secondary N) is 2. The highest BCUT2D eigenvalue weighted by molar-refractivity contribution is 5.76. The van der Waals surface area contributed by atoms with Gasteiger partial charge in [-0.3, -0.25) is 0 Å². The Labute approximate surface area is 52.9 Å². The zero-order chi connectivity index (χ0) is 6.69. The van der Waals surface area contributed by atoms with Gasteiger partial charge in [0.05, 0.1) is 0 Å². The van der Waals surface area contributed by atoms with Crippen LogP contribution in [0.3, 0.4) is 0 Å². The first-order valence-electron chi connectivity index (χ1n) is 2.59. The number of hydrogen-bond donors (Lipinski definition) is 2. The van der Waals surface area contributed by atoms with Crippen LogP contribution in [0.1, 0.15) is 0 Å². The summed E-state index contributed by atoms with van der Waals surface area (Å²) in [6, 6.07) is -0.232. The molecule has 0 aromatic carbocycles. The SMILES string of the molecule is COC1C=CNC(=O)N1. The minimum absolute atomic E-state index is 0.232. The molecular formula is C5H8N2O2. The van der Waals surface area contributed by atoms with Crippen molar-refractivity contribution in [1.29, 1.82) is 0 Å². The van der Waals surface area contributed by atoms with Gasteiger partial charge in [-0.25, -0.2) is 4.79 Å². The third kappa shape index (κ3) is 1.43. The molecule has 1 unspecified atom stereocenters. The van der Waals surface area contributed by atoms with Crippen molar-refractivity contribution in [3.05, 3.63) is 12.3 Å². The second kappa shape index (κ2) is 2.50. The van der Waals surface area contributed by atoms with E-state index in [1.807, 2.05) is 0 Å². The van der Waals surface area contributed by atoms with Gasteiger partial charge in [0.25, 0.3) is 0 Å². The molecule has 0 fully saturated rings. The van der Waals surface area contributed by atoms with E-state index < -0.39 is 0 Å². The molecule has 0 aliphatic carbocycles. The summed E-state index contributed by atoms with van der Waals surface area (Å²) in [7, 11) is 1.53. The molecule has 1 rings (SSSR count). The summed E-state index contributed by atoms with van der Waals surface area (Å²) in [4.78, 5) is 10.5. The number of ether oxygens (including phenoxy) is 1. The first-order chi connectivity index (χ1) is 4.33. The number of carbonyl (C=O) groups excluding carboxylic acids is 1. The zero-order valence-corrected chi connectivity index (χ0v) is 5.05. The maximum atomic E-state index is 10.5. The molecule has 0 bridgehead atoms. The molecule has 0 aromatic heterocycles. The Morgan fingerprint density at radius 1 is 1.78 bits per heavy atom. The van der Waals surface area contributed by atoms with E-state index in [2.05, 4.69) is 10.6 Å². The number of carbonyl (C=O) groups is 1. The zero-order valence-electron chi connectivity index (χ0n) is 5.05. The number of methoxy groups -OCH3 is 1. The summed E-state index contributed by atoms with van der Waals surface area (Å²) in [6.45, 7) is 0. The number of hydrogen-bond acceptors (Lipinski definition) is 2. The van der Waals surface area contributed by atoms with Crippen molar-refractivity contribution in [2.24, 2.45) is 0 Å². The van der Waals surface area contributed by atoms with Crippen LogP contribution in [0.4, 0.5) is 4.79 Å². The summed E-state index contributed by atoms with van der Waals surface area (Å²) in [5.41, 5.74) is 0. The molecule has 4 nitrogen and oxygen atoms in total. The van der Waals surface area contributed by atoms with E-state index in [0.717, 1.165) is 0 Å². The van der Waals surface area contributed by atoms with E-state index in [1.165, 1.54) is 7.11 Å². The lowest BCUT2D eigenvalue weighted by molar-refractivity contribution is 0.114. The molecular weight excluding hydrogens is 120 g/mol. The van der Waals surface area contributed by atoms with Crippen LogP contribution >= 0.6 is 0 Å². The van der Waals surface area contributed by atoms with Gasteiger partial charge in [0.15, 0.2) is 6.23 Å². The molecule has 1 aliphatic heterocycles. The van der Waals surface area contributed by atoms with Gasteiger partial charge in [-0.2, -0.15) is 0 Å². The Hall–Kier alpha value is -1.03. The third-order valence-electron chi connectivity index (χ3n) is 1.01. The van der Waals surface area contributed by atoms with Gasteiger partial charge in [-0.1, -0.05) is 0 Å². The molecule has 0 spiro atoms. The van der Waals surface area contributed by atoms with Crippen molar-refractivity contribution in [2.45, 2.75) is 6.23 Å². The molecule has 2 amide bonds. The fraction of sp³-hybridized carbons (Fsp3) is 0.400. The molecule has 1 aliphatic rings. The monoisotopic (exact) mass is 128 g/mol. The Morgan fingerprint density at radius 3 is 3.00 bits per heavy atom. The van der Waals surface area contributed by atoms with Gasteiger partial charge >= 0.3 is 6.03 Å². The average molecular weight is 128 g/mol. The number of rotatable bonds is 1. The lowest BCUT2D eigenvalue weighted by Crippen LogP contribution is -2.43. The molecule has 2 N–H and O–H groups in total. The van der Waals surface area contributed by atoms with Gasteiger partial charge < -0.3 is 15.4 Å². The van der Waals surface area contributed by atoms with E-state index in [9.17, 15) is 4.79 Å². The molecule has 1 heterocycles. The van der Waals surface area contributed by atoms with E-state index in [1.54, 1.807) is 12.3 Å². The van der Waals surface area contributed by atoms with Crippen molar-refractivity contribution in [2.75, 3.05) is 7.11 Å². The normalized spacial score (nSPS) is 25.0. The maximum absolute atomic E-state index is 10.5. The fourth-order valence-electron chi connectivity index (χ4n) is 0.568. The summed E-state index contributed by atoms with van der Waals surface area (Å²) >= 11 is 0. The standard InChI is InChI=1S/C5H8N2O2/c1-9-4-2-3-6-5(8)7-4/h2-4H,1H3,(H2,6,7,8). The van der Waals surface area contributed by atoms with Crippen molar-refractivity contribution in [3.63, 3.8) is 0 Å². The summed E-state index contributed by atoms with van der Waals surface area (Å²) in [6.07, 6.45) is 2.98. The first-order valence-corrected chi connectivity index (χ1v) is 2.59. The van der Waals surface area contributed by atoms with E-state index >= 15 is 0 Å². The van der Waals surface area contributed by atoms with Gasteiger partial charge in [0.2, 0.25) is 0 Å². The molecule has 4 heteroatoms. The second-order valence-corrected chi connectivity index (χ2v) is 1.63. The van der Waals surface area contributed by atoms with Gasteiger partial charge in [-0.15, -0.1) is 0 Å². The average Bonchev–Trinajstić information content (AvgIpc) is 1.88. The molecule has 0 aromatic rings. The molecule has 0 saturated carbocycles. The minimum Gasteiger partial charge on any atom is -0.358 e. The van der Waals surface area contributed by atoms with Gasteiger partial charge in [0.1, 0.15) is 0 Å². The largest absolute Gasteiger partial charge is 0.358 e. The highest BCUT2D eigenvalue weighted by atomic mass is 16.5. The smallest absolute Gasteiger partial charge is 0.321 e. The summed E-state index contributed by atoms with van der Waals surface area (Å²) in [5, 5.41) is 4.94. The first kappa shape index (κ1) is 6.10. The predicted molar refractivity (Wildman–Crippen MR) is 31.6 cm³/mol. The molecule has 9 heavy (non-hydrogen) atoms. The Bertz CT molecular complexity index is 144. The van der Waals surface area contributed by atoms with Crippen molar-refractivity contribution >= 4 is 6.03 Å². The van der Waals surface area contributed by atoms with Crippen LogP contribution in [-0.4, -0.2) is 19.4 Å². The maximum Gasteiger partial charge on any atom is 0.321 e. The molecule has 0 saturated heterocycles. The lowest BCUT2D eigenvalue weighted by atomic mass is 10.5. The van der Waals surface area contributed by atoms with Crippen LogP contribution in [0.25, 0.3) is 0 Å². The minimum atomic E-state index is -0.279. The highest BCUT2D eigenvalue weighted by Gasteiger charge is 2.09.